The molecule has 76 valence electrons. The second-order valence-electron chi connectivity index (χ2n) is 2.42. The van der Waals surface area contributed by atoms with Gasteiger partial charge in [0.15, 0.2) is 0 Å². The van der Waals surface area contributed by atoms with Gasteiger partial charge in [-0.1, -0.05) is 27.2 Å². The van der Waals surface area contributed by atoms with Crippen LogP contribution < -0.4 is 5.73 Å². The fourth-order valence-corrected chi connectivity index (χ4v) is 0. The fraction of sp³-hybridized carbons (Fsp3) is 0.889. The van der Waals surface area contributed by atoms with E-state index in [-0.39, 0.29) is 0 Å². The van der Waals surface area contributed by atoms with Gasteiger partial charge in [-0.25, -0.2) is 0 Å². The minimum Gasteiger partial charge on any atom is -0.471 e. The van der Waals surface area contributed by atoms with Crippen LogP contribution in [0.3, 0.4) is 0 Å². The molecule has 0 radical (unpaired) electrons. The van der Waals surface area contributed by atoms with Crippen LogP contribution in [0.2, 0.25) is 0 Å². The molecule has 0 aliphatic rings. The molecule has 3 nitrogen and oxygen atoms in total. The van der Waals surface area contributed by atoms with Crippen molar-refractivity contribution in [1.82, 2.24) is 0 Å². The summed E-state index contributed by atoms with van der Waals surface area (Å²) in [4.78, 5) is 8.95. The van der Waals surface area contributed by atoms with Crippen molar-refractivity contribution in [3.8, 4) is 0 Å². The van der Waals surface area contributed by atoms with Gasteiger partial charge in [0.05, 0.1) is 7.11 Å². The van der Waals surface area contributed by atoms with Gasteiger partial charge in [-0.2, -0.15) is 0 Å². The number of nitrogens with two attached hydrogens (primary N) is 1. The molecule has 0 spiro atoms. The number of hydrogen-bond donors (Lipinski definition) is 1. The fourth-order valence-electron chi connectivity index (χ4n) is 0. The zero-order valence-electron chi connectivity index (χ0n) is 8.96. The smallest absolute Gasteiger partial charge is 0.292 e. The van der Waals surface area contributed by atoms with Crippen molar-refractivity contribution in [3.63, 3.8) is 0 Å². The Bertz CT molecular complexity index is 65.5. The maximum atomic E-state index is 8.95. The largest absolute Gasteiger partial charge is 0.471 e. The number of hydrogen-bond acceptors (Lipinski definition) is 3. The van der Waals surface area contributed by atoms with Crippen molar-refractivity contribution in [2.75, 3.05) is 7.11 Å². The summed E-state index contributed by atoms with van der Waals surface area (Å²) >= 11 is 0. The summed E-state index contributed by atoms with van der Waals surface area (Å²) in [6.45, 7) is 8.70. The maximum Gasteiger partial charge on any atom is 0.292 e. The van der Waals surface area contributed by atoms with Crippen LogP contribution >= 0.6 is 0 Å². The van der Waals surface area contributed by atoms with Crippen molar-refractivity contribution in [2.24, 2.45) is 5.73 Å². The van der Waals surface area contributed by atoms with Crippen molar-refractivity contribution in [2.45, 2.75) is 46.6 Å². The van der Waals surface area contributed by atoms with Gasteiger partial charge in [-0.05, 0) is 13.3 Å². The van der Waals surface area contributed by atoms with Crippen molar-refractivity contribution in [3.05, 3.63) is 0 Å². The number of carbonyl (C=O) groups excluding carboxylic acids is 1. The topological polar surface area (TPSA) is 52.3 Å². The predicted octanol–water partition coefficient (Wildman–Crippen LogP) is 1.95. The molecule has 1 atom stereocenters. The van der Waals surface area contributed by atoms with Gasteiger partial charge in [0, 0.05) is 6.04 Å². The van der Waals surface area contributed by atoms with E-state index in [9.17, 15) is 0 Å². The van der Waals surface area contributed by atoms with Gasteiger partial charge in [0.1, 0.15) is 0 Å². The first-order chi connectivity index (χ1) is 5.60. The summed E-state index contributed by atoms with van der Waals surface area (Å²) < 4.78 is 3.86. The first-order valence-electron chi connectivity index (χ1n) is 4.32. The SMILES string of the molecule is CCC.CCC(C)N.COC=O. The molecule has 0 heterocycles. The van der Waals surface area contributed by atoms with Crippen LogP contribution in [0.4, 0.5) is 0 Å². The quantitative estimate of drug-likeness (QED) is 0.656. The number of rotatable bonds is 2. The van der Waals surface area contributed by atoms with E-state index in [1.54, 1.807) is 0 Å². The highest BCUT2D eigenvalue weighted by Crippen LogP contribution is 1.77. The molecule has 0 fully saturated rings. The van der Waals surface area contributed by atoms with Crippen LogP contribution in [0.25, 0.3) is 0 Å². The summed E-state index contributed by atoms with van der Waals surface area (Å²) in [5, 5.41) is 0. The van der Waals surface area contributed by atoms with Gasteiger partial charge in [-0.3, -0.25) is 4.79 Å². The molecule has 0 aliphatic carbocycles. The van der Waals surface area contributed by atoms with Crippen LogP contribution in [0.15, 0.2) is 0 Å². The molecule has 2 N–H and O–H groups in total. The third kappa shape index (κ3) is 113. The van der Waals surface area contributed by atoms with E-state index >= 15 is 0 Å². The van der Waals surface area contributed by atoms with Crippen LogP contribution in [-0.2, 0) is 9.53 Å². The second-order valence-corrected chi connectivity index (χ2v) is 2.42. The summed E-state index contributed by atoms with van der Waals surface area (Å²) in [5.74, 6) is 0. The van der Waals surface area contributed by atoms with Crippen molar-refractivity contribution in [1.29, 1.82) is 0 Å². The van der Waals surface area contributed by atoms with E-state index in [4.69, 9.17) is 10.5 Å². The molecule has 0 rings (SSSR count). The molecule has 0 saturated carbocycles. The van der Waals surface area contributed by atoms with Gasteiger partial charge >= 0.3 is 0 Å². The predicted molar refractivity (Wildman–Crippen MR) is 53.0 cm³/mol. The lowest BCUT2D eigenvalue weighted by Gasteiger charge is -1.91. The Morgan fingerprint density at radius 2 is 1.58 bits per heavy atom. The highest BCUT2D eigenvalue weighted by Gasteiger charge is 1.79. The molecule has 3 heteroatoms. The summed E-state index contributed by atoms with van der Waals surface area (Å²) in [6.07, 6.45) is 2.33. The maximum absolute atomic E-state index is 8.95. The van der Waals surface area contributed by atoms with Gasteiger partial charge in [0.25, 0.3) is 6.47 Å². The molecule has 0 bridgehead atoms. The molecule has 1 unspecified atom stereocenters. The highest BCUT2D eigenvalue weighted by atomic mass is 16.5. The number of ether oxygens (including phenoxy) is 1. The van der Waals surface area contributed by atoms with Crippen LogP contribution in [0.5, 0.6) is 0 Å². The molecule has 12 heavy (non-hydrogen) atoms. The Kier molecular flexibility index (Phi) is 32.7. The van der Waals surface area contributed by atoms with Crippen molar-refractivity contribution < 1.29 is 9.53 Å². The van der Waals surface area contributed by atoms with Crippen LogP contribution in [0.1, 0.15) is 40.5 Å². The zero-order valence-corrected chi connectivity index (χ0v) is 8.96. The Hall–Kier alpha value is -0.570. The van der Waals surface area contributed by atoms with E-state index in [2.05, 4.69) is 25.5 Å². The van der Waals surface area contributed by atoms with Gasteiger partial charge < -0.3 is 10.5 Å². The average molecular weight is 177 g/mol. The summed E-state index contributed by atoms with van der Waals surface area (Å²) in [7, 11) is 1.31. The normalized spacial score (nSPS) is 9.50. The summed E-state index contributed by atoms with van der Waals surface area (Å²) in [6, 6.07) is 0.384. The lowest BCUT2D eigenvalue weighted by molar-refractivity contribution is -0.126. The average Bonchev–Trinajstić information content (AvgIpc) is 2.06. The minimum absolute atomic E-state index is 0.375. The highest BCUT2D eigenvalue weighted by molar-refractivity contribution is 5.36. The van der Waals surface area contributed by atoms with Crippen molar-refractivity contribution >= 4 is 6.47 Å². The standard InChI is InChI=1S/C4H11N.C3H8.C2H4O2/c1-3-4(2)5;1-3-2;1-4-2-3/h4H,3,5H2,1-2H3;3H2,1-2H3;2H,1H3. The third-order valence-corrected chi connectivity index (χ3v) is 0.740. The van der Waals surface area contributed by atoms with E-state index in [0.717, 1.165) is 6.42 Å². The molecule has 0 aromatic heterocycles. The van der Waals surface area contributed by atoms with E-state index in [1.165, 1.54) is 13.5 Å². The second kappa shape index (κ2) is 22.4. The van der Waals surface area contributed by atoms with Crippen LogP contribution in [0, 0.1) is 0 Å². The molecular formula is C9H23NO2. The van der Waals surface area contributed by atoms with E-state index in [1.807, 2.05) is 6.92 Å². The number of methoxy groups -OCH3 is 1. The Balaban J connectivity index is -0.000000105. The minimum atomic E-state index is 0.375. The molecule has 0 amide bonds. The third-order valence-electron chi connectivity index (χ3n) is 0.740. The van der Waals surface area contributed by atoms with E-state index in [0.29, 0.717) is 12.5 Å². The molecular weight excluding hydrogens is 154 g/mol. The molecule has 0 saturated heterocycles. The van der Waals surface area contributed by atoms with Crippen LogP contribution in [-0.4, -0.2) is 19.6 Å². The Labute approximate surface area is 76.3 Å². The Morgan fingerprint density at radius 3 is 1.58 bits per heavy atom. The zero-order chi connectivity index (χ0) is 10.4. The molecule has 0 aromatic carbocycles. The first-order valence-corrected chi connectivity index (χ1v) is 4.32. The monoisotopic (exact) mass is 177 g/mol. The molecule has 0 aromatic rings. The lowest BCUT2D eigenvalue weighted by Crippen LogP contribution is -2.11. The van der Waals surface area contributed by atoms with Gasteiger partial charge in [0.2, 0.25) is 0 Å². The van der Waals surface area contributed by atoms with E-state index < -0.39 is 0 Å². The lowest BCUT2D eigenvalue weighted by atomic mass is 10.3. The summed E-state index contributed by atoms with van der Waals surface area (Å²) in [5.41, 5.74) is 5.29. The van der Waals surface area contributed by atoms with Gasteiger partial charge in [-0.15, -0.1) is 0 Å². The Morgan fingerprint density at radius 1 is 1.42 bits per heavy atom. The molecule has 0 aliphatic heterocycles. The number of carbonyl (C=O) groups is 1. The first kappa shape index (κ1) is 17.5.